The molecular formula is C23H26ClN3O5S. The Morgan fingerprint density at radius 3 is 2.39 bits per heavy atom. The van der Waals surface area contributed by atoms with E-state index in [-0.39, 0.29) is 28.4 Å². The van der Waals surface area contributed by atoms with Gasteiger partial charge in [0, 0.05) is 50.4 Å². The molecule has 2 saturated heterocycles. The molecule has 2 aromatic rings. The number of benzene rings is 2. The van der Waals surface area contributed by atoms with Crippen LogP contribution in [0.1, 0.15) is 23.2 Å². The highest BCUT2D eigenvalue weighted by Crippen LogP contribution is 2.25. The Kier molecular flexibility index (Phi) is 6.92. The highest BCUT2D eigenvalue weighted by atomic mass is 35.5. The standard InChI is InChI=1S/C23H26ClN3O5S/c1-25(19-7-3-6-18(24)16-19)33(30,31)20-8-2-5-17(15-20)22(28)26-10-12-27(13-11-26)23(29)21-9-4-14-32-21/h2-3,5-8,15-16,21H,4,9-14H2,1H3. The molecule has 0 bridgehead atoms. The van der Waals surface area contributed by atoms with E-state index in [4.69, 9.17) is 16.3 Å². The predicted octanol–water partition coefficient (Wildman–Crippen LogP) is 2.63. The Hall–Kier alpha value is -2.62. The Labute approximate surface area is 198 Å². The van der Waals surface area contributed by atoms with Gasteiger partial charge >= 0.3 is 0 Å². The molecule has 2 aliphatic rings. The molecule has 0 aromatic heterocycles. The average Bonchev–Trinajstić information content (AvgIpc) is 3.38. The summed E-state index contributed by atoms with van der Waals surface area (Å²) >= 11 is 6.00. The van der Waals surface area contributed by atoms with Gasteiger partial charge in [0.2, 0.25) is 0 Å². The number of anilines is 1. The van der Waals surface area contributed by atoms with Gasteiger partial charge < -0.3 is 14.5 Å². The predicted molar refractivity (Wildman–Crippen MR) is 125 cm³/mol. The van der Waals surface area contributed by atoms with Crippen LogP contribution in [-0.2, 0) is 19.6 Å². The molecule has 10 heteroatoms. The van der Waals surface area contributed by atoms with Crippen molar-refractivity contribution in [1.82, 2.24) is 9.80 Å². The summed E-state index contributed by atoms with van der Waals surface area (Å²) in [5, 5.41) is 0.426. The van der Waals surface area contributed by atoms with Crippen LogP contribution >= 0.6 is 11.6 Å². The number of carbonyl (C=O) groups is 2. The first-order valence-electron chi connectivity index (χ1n) is 10.8. The molecule has 0 radical (unpaired) electrons. The third kappa shape index (κ3) is 5.00. The molecule has 8 nitrogen and oxygen atoms in total. The van der Waals surface area contributed by atoms with Crippen LogP contribution in [0.2, 0.25) is 5.02 Å². The number of hydrogen-bond acceptors (Lipinski definition) is 5. The fourth-order valence-corrected chi connectivity index (χ4v) is 5.47. The van der Waals surface area contributed by atoms with Gasteiger partial charge in [-0.1, -0.05) is 23.7 Å². The minimum atomic E-state index is -3.89. The lowest BCUT2D eigenvalue weighted by molar-refractivity contribution is -0.142. The fraction of sp³-hybridized carbons (Fsp3) is 0.391. The van der Waals surface area contributed by atoms with E-state index in [9.17, 15) is 18.0 Å². The minimum Gasteiger partial charge on any atom is -0.368 e. The van der Waals surface area contributed by atoms with Gasteiger partial charge in [-0.2, -0.15) is 0 Å². The van der Waals surface area contributed by atoms with E-state index >= 15 is 0 Å². The highest BCUT2D eigenvalue weighted by Gasteiger charge is 2.32. The highest BCUT2D eigenvalue weighted by molar-refractivity contribution is 7.92. The first-order valence-corrected chi connectivity index (χ1v) is 12.6. The van der Waals surface area contributed by atoms with Crippen molar-refractivity contribution in [2.75, 3.05) is 44.1 Å². The lowest BCUT2D eigenvalue weighted by Crippen LogP contribution is -2.52. The second kappa shape index (κ2) is 9.70. The Morgan fingerprint density at radius 1 is 1.03 bits per heavy atom. The average molecular weight is 492 g/mol. The molecule has 0 saturated carbocycles. The smallest absolute Gasteiger partial charge is 0.264 e. The van der Waals surface area contributed by atoms with E-state index in [1.54, 1.807) is 46.2 Å². The first kappa shape index (κ1) is 23.5. The van der Waals surface area contributed by atoms with Crippen molar-refractivity contribution in [2.45, 2.75) is 23.8 Å². The lowest BCUT2D eigenvalue weighted by Gasteiger charge is -2.35. The zero-order valence-electron chi connectivity index (χ0n) is 18.3. The zero-order chi connectivity index (χ0) is 23.6. The number of amides is 2. The van der Waals surface area contributed by atoms with Crippen LogP contribution in [0.3, 0.4) is 0 Å². The topological polar surface area (TPSA) is 87.2 Å². The molecule has 2 aromatic carbocycles. The molecule has 2 heterocycles. The normalized spacial score (nSPS) is 18.9. The SMILES string of the molecule is CN(c1cccc(Cl)c1)S(=O)(=O)c1cccc(C(=O)N2CCN(C(=O)C3CCCO3)CC2)c1. The van der Waals surface area contributed by atoms with Crippen molar-refractivity contribution < 1.29 is 22.7 Å². The van der Waals surface area contributed by atoms with E-state index in [1.807, 2.05) is 0 Å². The zero-order valence-corrected chi connectivity index (χ0v) is 19.9. The molecule has 4 rings (SSSR count). The number of rotatable bonds is 5. The van der Waals surface area contributed by atoms with Gasteiger partial charge in [0.05, 0.1) is 10.6 Å². The molecule has 33 heavy (non-hydrogen) atoms. The summed E-state index contributed by atoms with van der Waals surface area (Å²) in [7, 11) is -2.44. The Balaban J connectivity index is 1.45. The van der Waals surface area contributed by atoms with E-state index in [2.05, 4.69) is 0 Å². The molecule has 0 aliphatic carbocycles. The Morgan fingerprint density at radius 2 is 1.73 bits per heavy atom. The van der Waals surface area contributed by atoms with Crippen molar-refractivity contribution in [1.29, 1.82) is 0 Å². The first-order chi connectivity index (χ1) is 15.8. The molecule has 0 spiro atoms. The lowest BCUT2D eigenvalue weighted by atomic mass is 10.1. The van der Waals surface area contributed by atoms with Crippen LogP contribution in [-0.4, -0.2) is 76.0 Å². The van der Waals surface area contributed by atoms with Gasteiger partial charge in [-0.05, 0) is 49.2 Å². The third-order valence-corrected chi connectivity index (χ3v) is 8.01. The minimum absolute atomic E-state index is 0.0167. The van der Waals surface area contributed by atoms with Crippen LogP contribution in [0.25, 0.3) is 0 Å². The molecule has 1 unspecified atom stereocenters. The number of nitrogens with zero attached hydrogens (tertiary/aromatic N) is 3. The maximum absolute atomic E-state index is 13.1. The van der Waals surface area contributed by atoms with E-state index in [0.29, 0.717) is 43.5 Å². The number of halogens is 1. The van der Waals surface area contributed by atoms with Crippen LogP contribution in [0.5, 0.6) is 0 Å². The van der Waals surface area contributed by atoms with Crippen molar-refractivity contribution >= 4 is 39.1 Å². The van der Waals surface area contributed by atoms with Gasteiger partial charge in [0.25, 0.3) is 21.8 Å². The molecule has 1 atom stereocenters. The summed E-state index contributed by atoms with van der Waals surface area (Å²) in [6.45, 7) is 2.24. The molecular weight excluding hydrogens is 466 g/mol. The monoisotopic (exact) mass is 491 g/mol. The number of piperazine rings is 1. The third-order valence-electron chi connectivity index (χ3n) is 5.99. The van der Waals surface area contributed by atoms with Crippen LogP contribution < -0.4 is 4.31 Å². The van der Waals surface area contributed by atoms with Crippen molar-refractivity contribution in [3.63, 3.8) is 0 Å². The summed E-state index contributed by atoms with van der Waals surface area (Å²) in [5.74, 6) is -0.279. The van der Waals surface area contributed by atoms with Crippen LogP contribution in [0, 0.1) is 0 Å². The van der Waals surface area contributed by atoms with Gasteiger partial charge in [-0.15, -0.1) is 0 Å². The maximum Gasteiger partial charge on any atom is 0.264 e. The van der Waals surface area contributed by atoms with Crippen molar-refractivity contribution in [3.8, 4) is 0 Å². The number of sulfonamides is 1. The van der Waals surface area contributed by atoms with Gasteiger partial charge in [0.1, 0.15) is 6.10 Å². The van der Waals surface area contributed by atoms with E-state index in [1.165, 1.54) is 19.2 Å². The van der Waals surface area contributed by atoms with E-state index in [0.717, 1.165) is 17.1 Å². The molecule has 176 valence electrons. The number of ether oxygens (including phenoxy) is 1. The molecule has 0 N–H and O–H groups in total. The maximum atomic E-state index is 13.1. The molecule has 2 aliphatic heterocycles. The largest absolute Gasteiger partial charge is 0.368 e. The van der Waals surface area contributed by atoms with Gasteiger partial charge in [-0.25, -0.2) is 8.42 Å². The molecule has 2 fully saturated rings. The summed E-state index contributed by atoms with van der Waals surface area (Å²) in [5.41, 5.74) is 0.709. The summed E-state index contributed by atoms with van der Waals surface area (Å²) in [4.78, 5) is 29.0. The van der Waals surface area contributed by atoms with Crippen LogP contribution in [0.4, 0.5) is 5.69 Å². The van der Waals surface area contributed by atoms with Gasteiger partial charge in [0.15, 0.2) is 0 Å². The summed E-state index contributed by atoms with van der Waals surface area (Å²) in [6.07, 6.45) is 1.26. The van der Waals surface area contributed by atoms with Crippen molar-refractivity contribution in [2.24, 2.45) is 0 Å². The van der Waals surface area contributed by atoms with Crippen molar-refractivity contribution in [3.05, 3.63) is 59.1 Å². The second-order valence-electron chi connectivity index (χ2n) is 8.10. The summed E-state index contributed by atoms with van der Waals surface area (Å²) in [6, 6.07) is 12.6. The Bertz CT molecular complexity index is 1140. The fourth-order valence-electron chi connectivity index (χ4n) is 4.05. The van der Waals surface area contributed by atoms with Gasteiger partial charge in [-0.3, -0.25) is 13.9 Å². The number of carbonyl (C=O) groups excluding carboxylic acids is 2. The van der Waals surface area contributed by atoms with E-state index < -0.39 is 10.0 Å². The second-order valence-corrected chi connectivity index (χ2v) is 10.5. The number of hydrogen-bond donors (Lipinski definition) is 0. The van der Waals surface area contributed by atoms with Crippen LogP contribution in [0.15, 0.2) is 53.4 Å². The quantitative estimate of drug-likeness (QED) is 0.641. The summed E-state index contributed by atoms with van der Waals surface area (Å²) < 4.78 is 32.9. The molecule has 2 amide bonds.